The van der Waals surface area contributed by atoms with Crippen molar-refractivity contribution in [3.05, 3.63) is 47.5 Å². The summed E-state index contributed by atoms with van der Waals surface area (Å²) in [5.74, 6) is -0.0445. The fourth-order valence-corrected chi connectivity index (χ4v) is 2.98. The van der Waals surface area contributed by atoms with Gasteiger partial charge >= 0.3 is 0 Å². The highest BCUT2D eigenvalue weighted by molar-refractivity contribution is 6.04. The van der Waals surface area contributed by atoms with Crippen LogP contribution in [0.25, 0.3) is 16.3 Å². The van der Waals surface area contributed by atoms with Crippen LogP contribution in [0.4, 0.5) is 5.69 Å². The smallest absolute Gasteiger partial charge is 0.259 e. The average Bonchev–Trinajstić information content (AvgIpc) is 2.82. The zero-order valence-corrected chi connectivity index (χ0v) is 22.2. The largest absolute Gasteiger partial charge is 0.396 e. The number of anilines is 1. The Morgan fingerprint density at radius 2 is 1.55 bits per heavy atom. The molecule has 184 valence electrons. The summed E-state index contributed by atoms with van der Waals surface area (Å²) in [6, 6.07) is 14.1. The molecule has 0 aromatic heterocycles. The highest BCUT2D eigenvalue weighted by Crippen LogP contribution is 2.26. The number of nitrogens with zero attached hydrogens (tertiary/aromatic N) is 2. The number of carbonyl (C=O) groups excluding carboxylic acids is 1. The number of allylic oxidation sites excluding steroid dienone is 1. The first kappa shape index (κ1) is 32.3. The molecule has 0 spiro atoms. The molecule has 0 atom stereocenters. The Kier molecular flexibility index (Phi) is 18.3. The summed E-state index contributed by atoms with van der Waals surface area (Å²) >= 11 is 0. The summed E-state index contributed by atoms with van der Waals surface area (Å²) in [7, 11) is 0. The maximum absolute atomic E-state index is 11.3. The molecule has 0 unspecified atom stereocenters. The minimum atomic E-state index is -0.693. The molecule has 5 heteroatoms. The summed E-state index contributed by atoms with van der Waals surface area (Å²) in [4.78, 5) is 13.6. The van der Waals surface area contributed by atoms with Crippen LogP contribution < -0.4 is 10.6 Å². The molecule has 0 aliphatic carbocycles. The van der Waals surface area contributed by atoms with Gasteiger partial charge in [0.15, 0.2) is 0 Å². The normalized spacial score (nSPS) is 10.4. The minimum absolute atomic E-state index is 0.00381. The first-order chi connectivity index (χ1) is 15.8. The highest BCUT2D eigenvalue weighted by atomic mass is 16.3. The average molecular weight is 456 g/mol. The van der Waals surface area contributed by atoms with Crippen molar-refractivity contribution in [1.29, 1.82) is 5.26 Å². The van der Waals surface area contributed by atoms with Gasteiger partial charge in [0.1, 0.15) is 11.6 Å². The van der Waals surface area contributed by atoms with E-state index in [0.717, 1.165) is 35.8 Å². The Labute approximate surface area is 201 Å². The zero-order valence-electron chi connectivity index (χ0n) is 22.2. The number of fused-ring (bicyclic) bond motifs is 1. The molecule has 2 aromatic rings. The van der Waals surface area contributed by atoms with E-state index in [-0.39, 0.29) is 5.57 Å². The number of hydrogen-bond donors (Lipinski definition) is 2. The number of amides is 1. The lowest BCUT2D eigenvalue weighted by Crippen LogP contribution is -2.21. The highest BCUT2D eigenvalue weighted by Gasteiger charge is 2.11. The number of aliphatic hydroxyl groups is 1. The predicted molar refractivity (Wildman–Crippen MR) is 144 cm³/mol. The number of rotatable bonds is 7. The molecule has 0 radical (unpaired) electrons. The number of nitrogens with two attached hydrogens (primary N) is 1. The number of benzene rings is 2. The van der Waals surface area contributed by atoms with Crippen molar-refractivity contribution in [1.82, 2.24) is 0 Å². The van der Waals surface area contributed by atoms with Crippen LogP contribution in [0.15, 0.2) is 42.0 Å². The van der Waals surface area contributed by atoms with Gasteiger partial charge in [0.2, 0.25) is 0 Å². The molecule has 0 bridgehead atoms. The van der Waals surface area contributed by atoms with Gasteiger partial charge in [-0.25, -0.2) is 0 Å². The Morgan fingerprint density at radius 1 is 1.03 bits per heavy atom. The maximum Gasteiger partial charge on any atom is 0.259 e. The van der Waals surface area contributed by atoms with Crippen molar-refractivity contribution in [3.63, 3.8) is 0 Å². The molecule has 33 heavy (non-hydrogen) atoms. The second kappa shape index (κ2) is 18.7. The Balaban J connectivity index is 0. The Bertz CT molecular complexity index is 892. The molecule has 0 fully saturated rings. The number of nitriles is 1. The number of carbonyl (C=O) groups is 1. The van der Waals surface area contributed by atoms with Crippen LogP contribution in [-0.2, 0) is 4.79 Å². The third-order valence-electron chi connectivity index (χ3n) is 4.83. The Hall–Kier alpha value is -2.84. The first-order valence-corrected chi connectivity index (χ1v) is 12.1. The fraction of sp³-hybridized carbons (Fsp3) is 0.500. The molecule has 0 heterocycles. The van der Waals surface area contributed by atoms with Crippen LogP contribution in [0.1, 0.15) is 74.3 Å². The third-order valence-corrected chi connectivity index (χ3v) is 4.83. The number of primary amides is 1. The van der Waals surface area contributed by atoms with Gasteiger partial charge in [-0.2, -0.15) is 5.26 Å². The quantitative estimate of drug-likeness (QED) is 0.366. The van der Waals surface area contributed by atoms with Crippen LogP contribution in [-0.4, -0.2) is 30.7 Å². The first-order valence-electron chi connectivity index (χ1n) is 12.1. The van der Waals surface area contributed by atoms with E-state index in [0.29, 0.717) is 18.1 Å². The summed E-state index contributed by atoms with van der Waals surface area (Å²) in [5.41, 5.74) is 7.90. The summed E-state index contributed by atoms with van der Waals surface area (Å²) in [6.07, 6.45) is 0.931. The SMILES string of the molecule is CC.CC.CC(C)CCO.CCN(CC)c1ccc2cc(/C(C)=C(\C#N)C(N)=O)ccc2c1. The topological polar surface area (TPSA) is 90.3 Å². The molecule has 0 aliphatic rings. The van der Waals surface area contributed by atoms with Gasteiger partial charge in [-0.3, -0.25) is 4.79 Å². The van der Waals surface area contributed by atoms with Crippen molar-refractivity contribution in [2.24, 2.45) is 11.7 Å². The molecule has 2 aromatic carbocycles. The van der Waals surface area contributed by atoms with E-state index < -0.39 is 5.91 Å². The standard InChI is InChI=1S/C19H21N3O.C5H12O.2C2H6/c1-4-22(5-2)17-9-8-15-10-14(6-7-16(15)11-17)13(3)18(12-20)19(21)23;1-5(2)3-4-6;2*1-2/h6-11H,4-5H2,1-3H3,(H2,21,23);5-6H,3-4H2,1-2H3;2*1-2H3/b18-13+;;;. The number of hydrogen-bond acceptors (Lipinski definition) is 4. The van der Waals surface area contributed by atoms with Crippen LogP contribution in [0.5, 0.6) is 0 Å². The summed E-state index contributed by atoms with van der Waals surface area (Å²) in [6.45, 7) is 20.5. The van der Waals surface area contributed by atoms with E-state index in [2.05, 4.69) is 50.8 Å². The van der Waals surface area contributed by atoms with Gasteiger partial charge in [-0.15, -0.1) is 0 Å². The lowest BCUT2D eigenvalue weighted by atomic mass is 9.98. The van der Waals surface area contributed by atoms with E-state index >= 15 is 0 Å². The Morgan fingerprint density at radius 3 is 1.94 bits per heavy atom. The van der Waals surface area contributed by atoms with Crippen LogP contribution in [0.3, 0.4) is 0 Å². The van der Waals surface area contributed by atoms with Gasteiger partial charge in [0, 0.05) is 25.4 Å². The van der Waals surface area contributed by atoms with Gasteiger partial charge in [-0.05, 0) is 73.2 Å². The second-order valence-electron chi connectivity index (χ2n) is 7.30. The molecular formula is C28H45N3O2. The van der Waals surface area contributed by atoms with E-state index in [1.54, 1.807) is 6.92 Å². The van der Waals surface area contributed by atoms with Gasteiger partial charge in [-0.1, -0.05) is 59.7 Å². The van der Waals surface area contributed by atoms with Crippen molar-refractivity contribution in [2.45, 2.75) is 68.7 Å². The van der Waals surface area contributed by atoms with Gasteiger partial charge < -0.3 is 15.7 Å². The molecule has 1 amide bonds. The van der Waals surface area contributed by atoms with E-state index in [1.165, 1.54) is 5.69 Å². The lowest BCUT2D eigenvalue weighted by Gasteiger charge is -2.21. The van der Waals surface area contributed by atoms with Gasteiger partial charge in [0.25, 0.3) is 5.91 Å². The van der Waals surface area contributed by atoms with Crippen molar-refractivity contribution < 1.29 is 9.90 Å². The molecule has 2 rings (SSSR count). The second-order valence-corrected chi connectivity index (χ2v) is 7.30. The summed E-state index contributed by atoms with van der Waals surface area (Å²) in [5, 5.41) is 19.5. The minimum Gasteiger partial charge on any atom is -0.396 e. The molecule has 0 saturated carbocycles. The molecular weight excluding hydrogens is 410 g/mol. The summed E-state index contributed by atoms with van der Waals surface area (Å²) < 4.78 is 0. The van der Waals surface area contributed by atoms with Crippen LogP contribution in [0, 0.1) is 17.2 Å². The van der Waals surface area contributed by atoms with Crippen molar-refractivity contribution >= 4 is 27.9 Å². The van der Waals surface area contributed by atoms with E-state index in [4.69, 9.17) is 16.1 Å². The van der Waals surface area contributed by atoms with E-state index in [9.17, 15) is 4.79 Å². The molecule has 0 saturated heterocycles. The molecule has 0 aliphatic heterocycles. The van der Waals surface area contributed by atoms with Crippen LogP contribution in [0.2, 0.25) is 0 Å². The monoisotopic (exact) mass is 455 g/mol. The van der Waals surface area contributed by atoms with E-state index in [1.807, 2.05) is 52.0 Å². The maximum atomic E-state index is 11.3. The predicted octanol–water partition coefficient (Wildman–Crippen LogP) is 6.55. The lowest BCUT2D eigenvalue weighted by molar-refractivity contribution is -0.114. The van der Waals surface area contributed by atoms with Gasteiger partial charge in [0.05, 0.1) is 0 Å². The van der Waals surface area contributed by atoms with Crippen molar-refractivity contribution in [3.8, 4) is 6.07 Å². The zero-order chi connectivity index (χ0) is 26.0. The van der Waals surface area contributed by atoms with Crippen molar-refractivity contribution in [2.75, 3.05) is 24.6 Å². The third kappa shape index (κ3) is 11.0. The molecule has 5 nitrogen and oxygen atoms in total. The fourth-order valence-electron chi connectivity index (χ4n) is 2.98. The number of aliphatic hydroxyl groups excluding tert-OH is 1. The molecule has 3 N–H and O–H groups in total. The van der Waals surface area contributed by atoms with Crippen LogP contribution >= 0.6 is 0 Å².